The van der Waals surface area contributed by atoms with Crippen LogP contribution in [0.3, 0.4) is 0 Å². The van der Waals surface area contributed by atoms with Crippen molar-refractivity contribution in [2.45, 2.75) is 33.7 Å². The Morgan fingerprint density at radius 3 is 2.61 bits per heavy atom. The van der Waals surface area contributed by atoms with E-state index in [1.165, 1.54) is 0 Å². The van der Waals surface area contributed by atoms with E-state index in [2.05, 4.69) is 21.2 Å². The van der Waals surface area contributed by atoms with Gasteiger partial charge in [-0.3, -0.25) is 9.59 Å². The maximum atomic E-state index is 13.8. The van der Waals surface area contributed by atoms with Gasteiger partial charge in [-0.1, -0.05) is 45.8 Å². The molecule has 0 radical (unpaired) electrons. The molecule has 0 bridgehead atoms. The predicted molar refractivity (Wildman–Crippen MR) is 143 cm³/mol. The Labute approximate surface area is 217 Å². The Balaban J connectivity index is 1.61. The van der Waals surface area contributed by atoms with Crippen molar-refractivity contribution in [3.05, 3.63) is 97.2 Å². The van der Waals surface area contributed by atoms with Gasteiger partial charge in [0.25, 0.3) is 5.56 Å². The molecule has 4 aromatic rings. The first-order valence-corrected chi connectivity index (χ1v) is 12.4. The number of carbonyl (C=O) groups excluding carboxylic acids is 1. The van der Waals surface area contributed by atoms with Crippen LogP contribution in [0.25, 0.3) is 5.69 Å². The quantitative estimate of drug-likeness (QED) is 0.307. The number of hydrogen-bond donors (Lipinski definition) is 1. The van der Waals surface area contributed by atoms with E-state index in [-0.39, 0.29) is 18.0 Å². The van der Waals surface area contributed by atoms with Crippen molar-refractivity contribution < 1.29 is 14.3 Å². The predicted octanol–water partition coefficient (Wildman–Crippen LogP) is 5.67. The summed E-state index contributed by atoms with van der Waals surface area (Å²) in [5.41, 5.74) is 5.54. The summed E-state index contributed by atoms with van der Waals surface area (Å²) in [5, 5.41) is 2.94. The molecule has 5 rings (SSSR count). The van der Waals surface area contributed by atoms with Gasteiger partial charge in [0.05, 0.1) is 18.4 Å². The van der Waals surface area contributed by atoms with Crippen LogP contribution in [0.2, 0.25) is 0 Å². The van der Waals surface area contributed by atoms with Crippen LogP contribution in [-0.2, 0) is 17.8 Å². The molecular weight excluding hydrogens is 522 g/mol. The number of fused-ring (bicyclic) bond motifs is 2. The summed E-state index contributed by atoms with van der Waals surface area (Å²) in [6, 6.07) is 17.1. The van der Waals surface area contributed by atoms with Crippen LogP contribution < -0.4 is 20.3 Å². The van der Waals surface area contributed by atoms with Crippen molar-refractivity contribution in [1.29, 1.82) is 0 Å². The van der Waals surface area contributed by atoms with Crippen LogP contribution in [-0.4, -0.2) is 22.4 Å². The van der Waals surface area contributed by atoms with Crippen molar-refractivity contribution in [1.82, 2.24) is 9.36 Å². The van der Waals surface area contributed by atoms with Crippen LogP contribution in [0.5, 0.6) is 17.4 Å². The van der Waals surface area contributed by atoms with Crippen LogP contribution in [0, 0.1) is 20.8 Å². The van der Waals surface area contributed by atoms with Gasteiger partial charge in [0, 0.05) is 22.1 Å². The SMILES string of the molecule is COc1cccc2c1Oc1c(c(=O)n(-c3ccc(C)cc3C)n1CC(=O)Nc1ccc(Br)c(C)c1)C2. The normalized spacial score (nSPS) is 11.9. The molecule has 0 saturated carbocycles. The van der Waals surface area contributed by atoms with Gasteiger partial charge in [-0.15, -0.1) is 0 Å². The van der Waals surface area contributed by atoms with Gasteiger partial charge in [-0.05, 0) is 62.2 Å². The van der Waals surface area contributed by atoms with Crippen LogP contribution in [0.15, 0.2) is 63.9 Å². The van der Waals surface area contributed by atoms with E-state index < -0.39 is 0 Å². The highest BCUT2D eigenvalue weighted by molar-refractivity contribution is 9.10. The number of para-hydroxylation sites is 1. The lowest BCUT2D eigenvalue weighted by atomic mass is 10.0. The number of aromatic nitrogens is 2. The molecule has 0 spiro atoms. The van der Waals surface area contributed by atoms with Gasteiger partial charge in [-0.25, -0.2) is 9.36 Å². The summed E-state index contributed by atoms with van der Waals surface area (Å²) in [4.78, 5) is 27.0. The second-order valence-corrected chi connectivity index (χ2v) is 9.84. The number of benzene rings is 3. The average Bonchev–Trinajstić information content (AvgIpc) is 3.10. The summed E-state index contributed by atoms with van der Waals surface area (Å²) in [7, 11) is 1.58. The third-order valence-electron chi connectivity index (χ3n) is 6.35. The van der Waals surface area contributed by atoms with Gasteiger partial charge in [0.1, 0.15) is 6.54 Å². The van der Waals surface area contributed by atoms with Gasteiger partial charge < -0.3 is 14.8 Å². The third kappa shape index (κ3) is 4.22. The van der Waals surface area contributed by atoms with Crippen molar-refractivity contribution in [3.63, 3.8) is 0 Å². The fourth-order valence-corrected chi connectivity index (χ4v) is 4.84. The van der Waals surface area contributed by atoms with E-state index >= 15 is 0 Å². The van der Waals surface area contributed by atoms with E-state index in [4.69, 9.17) is 9.47 Å². The topological polar surface area (TPSA) is 74.5 Å². The minimum Gasteiger partial charge on any atom is -0.493 e. The van der Waals surface area contributed by atoms with Crippen molar-refractivity contribution >= 4 is 27.5 Å². The molecule has 1 amide bonds. The third-order valence-corrected chi connectivity index (χ3v) is 7.24. The standard InChI is InChI=1S/C28H26BrN3O4/c1-16-8-11-23(18(3)12-16)32-27(34)21-14-19-6-5-7-24(35-4)26(19)36-28(21)31(32)15-25(33)30-20-9-10-22(29)17(2)13-20/h5-13H,14-15H2,1-4H3,(H,30,33). The number of halogens is 1. The number of ether oxygens (including phenoxy) is 2. The largest absolute Gasteiger partial charge is 0.493 e. The lowest BCUT2D eigenvalue weighted by Gasteiger charge is -2.21. The Morgan fingerprint density at radius 2 is 1.89 bits per heavy atom. The number of carbonyl (C=O) groups is 1. The molecule has 0 unspecified atom stereocenters. The zero-order chi connectivity index (χ0) is 25.6. The second kappa shape index (κ2) is 9.35. The number of amides is 1. The number of anilines is 1. The summed E-state index contributed by atoms with van der Waals surface area (Å²) >= 11 is 3.48. The first kappa shape index (κ1) is 23.9. The van der Waals surface area contributed by atoms with E-state index in [9.17, 15) is 9.59 Å². The molecule has 0 saturated heterocycles. The summed E-state index contributed by atoms with van der Waals surface area (Å²) in [6.07, 6.45) is 0.381. The summed E-state index contributed by atoms with van der Waals surface area (Å²) < 4.78 is 15.9. The highest BCUT2D eigenvalue weighted by Gasteiger charge is 2.31. The monoisotopic (exact) mass is 547 g/mol. The van der Waals surface area contributed by atoms with Crippen molar-refractivity contribution in [2.75, 3.05) is 12.4 Å². The highest BCUT2D eigenvalue weighted by Crippen LogP contribution is 2.42. The summed E-state index contributed by atoms with van der Waals surface area (Å²) in [6.45, 7) is 5.80. The van der Waals surface area contributed by atoms with Gasteiger partial charge >= 0.3 is 0 Å². The number of hydrogen-bond acceptors (Lipinski definition) is 4. The Morgan fingerprint density at radius 1 is 1.08 bits per heavy atom. The first-order chi connectivity index (χ1) is 17.3. The number of rotatable bonds is 5. The fourth-order valence-electron chi connectivity index (χ4n) is 4.59. The molecule has 1 N–H and O–H groups in total. The molecule has 7 nitrogen and oxygen atoms in total. The molecule has 8 heteroatoms. The molecule has 1 aliphatic rings. The Hall–Kier alpha value is -3.78. The average molecular weight is 548 g/mol. The minimum atomic E-state index is -0.275. The lowest BCUT2D eigenvalue weighted by molar-refractivity contribution is -0.117. The maximum absolute atomic E-state index is 13.8. The molecule has 2 heterocycles. The molecule has 0 fully saturated rings. The Kier molecular flexibility index (Phi) is 6.22. The number of aryl methyl sites for hydroxylation is 3. The number of nitrogens with zero attached hydrogens (tertiary/aromatic N) is 2. The molecule has 184 valence electrons. The van der Waals surface area contributed by atoms with Crippen molar-refractivity contribution in [2.24, 2.45) is 0 Å². The molecule has 36 heavy (non-hydrogen) atoms. The molecule has 1 aromatic heterocycles. The minimum absolute atomic E-state index is 0.114. The van der Waals surface area contributed by atoms with E-state index in [0.29, 0.717) is 40.7 Å². The second-order valence-electron chi connectivity index (χ2n) is 8.99. The van der Waals surface area contributed by atoms with E-state index in [1.807, 2.05) is 75.4 Å². The van der Waals surface area contributed by atoms with E-state index in [0.717, 1.165) is 26.7 Å². The number of methoxy groups -OCH3 is 1. The van der Waals surface area contributed by atoms with Gasteiger partial charge in [0.2, 0.25) is 11.8 Å². The van der Waals surface area contributed by atoms with Gasteiger partial charge in [0.15, 0.2) is 11.5 Å². The zero-order valence-corrected chi connectivity index (χ0v) is 22.1. The maximum Gasteiger partial charge on any atom is 0.278 e. The lowest BCUT2D eigenvalue weighted by Crippen LogP contribution is -2.28. The fraction of sp³-hybridized carbons (Fsp3) is 0.214. The summed E-state index contributed by atoms with van der Waals surface area (Å²) in [5.74, 6) is 1.20. The van der Waals surface area contributed by atoms with Gasteiger partial charge in [-0.2, -0.15) is 0 Å². The zero-order valence-electron chi connectivity index (χ0n) is 20.5. The van der Waals surface area contributed by atoms with Crippen LogP contribution in [0.4, 0.5) is 5.69 Å². The molecule has 0 aliphatic carbocycles. The highest BCUT2D eigenvalue weighted by atomic mass is 79.9. The molecule has 0 atom stereocenters. The smallest absolute Gasteiger partial charge is 0.278 e. The molecular formula is C28H26BrN3O4. The van der Waals surface area contributed by atoms with Crippen molar-refractivity contribution in [3.8, 4) is 23.1 Å². The first-order valence-electron chi connectivity index (χ1n) is 11.6. The van der Waals surface area contributed by atoms with Crippen LogP contribution >= 0.6 is 15.9 Å². The van der Waals surface area contributed by atoms with E-state index in [1.54, 1.807) is 16.5 Å². The molecule has 1 aliphatic heterocycles. The van der Waals surface area contributed by atoms with Crippen LogP contribution in [0.1, 0.15) is 27.8 Å². The Bertz CT molecular complexity index is 1570. The number of nitrogens with one attached hydrogen (secondary N) is 1. The molecule has 3 aromatic carbocycles.